The van der Waals surface area contributed by atoms with E-state index in [0.29, 0.717) is 23.1 Å². The van der Waals surface area contributed by atoms with Gasteiger partial charge in [0.05, 0.1) is 5.56 Å². The third kappa shape index (κ3) is 3.11. The van der Waals surface area contributed by atoms with Crippen LogP contribution in [0.15, 0.2) is 30.3 Å². The summed E-state index contributed by atoms with van der Waals surface area (Å²) in [6, 6.07) is 11.0. The molecule has 2 aromatic rings. The second kappa shape index (κ2) is 5.80. The van der Waals surface area contributed by atoms with E-state index in [-0.39, 0.29) is 0 Å². The predicted octanol–water partition coefficient (Wildman–Crippen LogP) is 3.45. The fourth-order valence-corrected chi connectivity index (χ4v) is 2.05. The first-order valence-electron chi connectivity index (χ1n) is 7.10. The number of para-hydroxylation sites is 1. The number of anilines is 1. The summed E-state index contributed by atoms with van der Waals surface area (Å²) in [5.41, 5.74) is 0.495. The Bertz CT molecular complexity index is 689. The molecule has 106 valence electrons. The minimum absolute atomic E-state index is 0.442. The van der Waals surface area contributed by atoms with Gasteiger partial charge < -0.3 is 10.1 Å². The van der Waals surface area contributed by atoms with E-state index in [1.807, 2.05) is 19.1 Å². The molecule has 21 heavy (non-hydrogen) atoms. The number of nitrogens with zero attached hydrogens (tertiary/aromatic N) is 3. The van der Waals surface area contributed by atoms with Crippen LogP contribution in [0.3, 0.4) is 0 Å². The molecule has 0 unspecified atom stereocenters. The molecule has 0 saturated heterocycles. The maximum absolute atomic E-state index is 9.11. The molecule has 0 spiro atoms. The third-order valence-corrected chi connectivity index (χ3v) is 3.24. The Balaban J connectivity index is 1.92. The number of benzene rings is 1. The minimum atomic E-state index is 0.442. The molecule has 1 aromatic carbocycles. The quantitative estimate of drug-likeness (QED) is 0.908. The molecule has 0 amide bonds. The van der Waals surface area contributed by atoms with Crippen molar-refractivity contribution in [1.29, 1.82) is 5.26 Å². The second-order valence-electron chi connectivity index (χ2n) is 4.96. The van der Waals surface area contributed by atoms with Crippen molar-refractivity contribution >= 4 is 5.82 Å². The van der Waals surface area contributed by atoms with Crippen LogP contribution in [0.1, 0.15) is 37.1 Å². The van der Waals surface area contributed by atoms with Gasteiger partial charge in [0.25, 0.3) is 0 Å². The van der Waals surface area contributed by atoms with E-state index in [2.05, 4.69) is 21.4 Å². The third-order valence-electron chi connectivity index (χ3n) is 3.24. The van der Waals surface area contributed by atoms with Crippen LogP contribution in [0.5, 0.6) is 11.6 Å². The van der Waals surface area contributed by atoms with Crippen molar-refractivity contribution in [2.75, 3.05) is 11.9 Å². The first-order chi connectivity index (χ1) is 10.3. The molecule has 0 radical (unpaired) electrons. The van der Waals surface area contributed by atoms with Crippen molar-refractivity contribution in [3.63, 3.8) is 0 Å². The zero-order chi connectivity index (χ0) is 14.7. The van der Waals surface area contributed by atoms with Gasteiger partial charge in [0.1, 0.15) is 23.5 Å². The average Bonchev–Trinajstić information content (AvgIpc) is 3.32. The van der Waals surface area contributed by atoms with E-state index in [9.17, 15) is 0 Å². The minimum Gasteiger partial charge on any atom is -0.437 e. The molecule has 5 heteroatoms. The van der Waals surface area contributed by atoms with Crippen LogP contribution in [0, 0.1) is 11.3 Å². The van der Waals surface area contributed by atoms with Crippen molar-refractivity contribution in [3.05, 3.63) is 41.7 Å². The van der Waals surface area contributed by atoms with E-state index in [0.717, 1.165) is 31.0 Å². The normalized spacial score (nSPS) is 13.5. The van der Waals surface area contributed by atoms with Crippen molar-refractivity contribution in [2.24, 2.45) is 0 Å². The Labute approximate surface area is 123 Å². The molecule has 1 heterocycles. The van der Waals surface area contributed by atoms with E-state index in [1.54, 1.807) is 18.2 Å². The largest absolute Gasteiger partial charge is 0.437 e. The molecule has 1 aliphatic rings. The summed E-state index contributed by atoms with van der Waals surface area (Å²) < 4.78 is 5.79. The molecule has 1 fully saturated rings. The van der Waals surface area contributed by atoms with Crippen molar-refractivity contribution in [2.45, 2.75) is 25.7 Å². The van der Waals surface area contributed by atoms with Crippen LogP contribution >= 0.6 is 0 Å². The van der Waals surface area contributed by atoms with E-state index >= 15 is 0 Å². The molecule has 5 nitrogen and oxygen atoms in total. The van der Waals surface area contributed by atoms with Crippen molar-refractivity contribution in [1.82, 2.24) is 9.97 Å². The molecule has 3 rings (SSSR count). The highest BCUT2D eigenvalue weighted by Crippen LogP contribution is 2.39. The highest BCUT2D eigenvalue weighted by Gasteiger charge is 2.27. The molecule has 0 bridgehead atoms. The SMILES string of the molecule is CCNc1cc(Oc2ccccc2C#N)nc(C2CC2)n1. The number of hydrogen-bond acceptors (Lipinski definition) is 5. The smallest absolute Gasteiger partial charge is 0.224 e. The maximum Gasteiger partial charge on any atom is 0.224 e. The lowest BCUT2D eigenvalue weighted by molar-refractivity contribution is 0.457. The molecule has 0 atom stereocenters. The monoisotopic (exact) mass is 280 g/mol. The van der Waals surface area contributed by atoms with Crippen LogP contribution in [0.4, 0.5) is 5.82 Å². The fraction of sp³-hybridized carbons (Fsp3) is 0.312. The first-order valence-corrected chi connectivity index (χ1v) is 7.10. The van der Waals surface area contributed by atoms with Gasteiger partial charge in [0.2, 0.25) is 5.88 Å². The van der Waals surface area contributed by atoms with Crippen LogP contribution in [0.2, 0.25) is 0 Å². The number of ether oxygens (including phenoxy) is 1. The standard InChI is InChI=1S/C16H16N4O/c1-2-18-14-9-15(20-16(19-14)11-7-8-11)21-13-6-4-3-5-12(13)10-17/h3-6,9,11H,2,7-8H2,1H3,(H,18,19,20). The number of nitrogens with one attached hydrogen (secondary N) is 1. The Morgan fingerprint density at radius 3 is 2.86 bits per heavy atom. The van der Waals surface area contributed by atoms with E-state index < -0.39 is 0 Å². The summed E-state index contributed by atoms with van der Waals surface area (Å²) in [4.78, 5) is 8.97. The predicted molar refractivity (Wildman–Crippen MR) is 79.4 cm³/mol. The summed E-state index contributed by atoms with van der Waals surface area (Å²) in [5, 5.41) is 12.3. The van der Waals surface area contributed by atoms with Crippen molar-refractivity contribution < 1.29 is 4.74 Å². The van der Waals surface area contributed by atoms with Gasteiger partial charge in [-0.1, -0.05) is 12.1 Å². The maximum atomic E-state index is 9.11. The van der Waals surface area contributed by atoms with Crippen LogP contribution in [-0.4, -0.2) is 16.5 Å². The second-order valence-corrected chi connectivity index (χ2v) is 4.96. The zero-order valence-corrected chi connectivity index (χ0v) is 11.8. The van der Waals surface area contributed by atoms with Crippen molar-refractivity contribution in [3.8, 4) is 17.7 Å². The number of rotatable bonds is 5. The van der Waals surface area contributed by atoms with Gasteiger partial charge in [0.15, 0.2) is 0 Å². The Hall–Kier alpha value is -2.61. The van der Waals surface area contributed by atoms with Gasteiger partial charge in [-0.25, -0.2) is 4.98 Å². The summed E-state index contributed by atoms with van der Waals surface area (Å²) in [7, 11) is 0. The number of hydrogen-bond donors (Lipinski definition) is 1. The van der Waals surface area contributed by atoms with Gasteiger partial charge in [-0.3, -0.25) is 0 Å². The molecule has 1 saturated carbocycles. The zero-order valence-electron chi connectivity index (χ0n) is 11.8. The number of nitriles is 1. The van der Waals surface area contributed by atoms with Gasteiger partial charge in [-0.2, -0.15) is 10.2 Å². The Morgan fingerprint density at radius 2 is 2.14 bits per heavy atom. The first kappa shape index (κ1) is 13.4. The lowest BCUT2D eigenvalue weighted by Gasteiger charge is -2.10. The van der Waals surface area contributed by atoms with Gasteiger partial charge in [0, 0.05) is 18.5 Å². The highest BCUT2D eigenvalue weighted by molar-refractivity contribution is 5.46. The number of aromatic nitrogens is 2. The van der Waals surface area contributed by atoms with Gasteiger partial charge in [-0.15, -0.1) is 0 Å². The molecule has 1 aromatic heterocycles. The lowest BCUT2D eigenvalue weighted by atomic mass is 10.2. The molecule has 1 aliphatic carbocycles. The van der Waals surface area contributed by atoms with Gasteiger partial charge >= 0.3 is 0 Å². The fourth-order valence-electron chi connectivity index (χ4n) is 2.05. The van der Waals surface area contributed by atoms with E-state index in [4.69, 9.17) is 10.00 Å². The van der Waals surface area contributed by atoms with Crippen LogP contribution in [0.25, 0.3) is 0 Å². The summed E-state index contributed by atoms with van der Waals surface area (Å²) in [6.45, 7) is 2.81. The van der Waals surface area contributed by atoms with E-state index in [1.165, 1.54) is 0 Å². The van der Waals surface area contributed by atoms with Gasteiger partial charge in [-0.05, 0) is 31.9 Å². The van der Waals surface area contributed by atoms with Crippen LogP contribution < -0.4 is 10.1 Å². The molecular weight excluding hydrogens is 264 g/mol. The Morgan fingerprint density at radius 1 is 1.33 bits per heavy atom. The molecular formula is C16H16N4O. The summed E-state index contributed by atoms with van der Waals surface area (Å²) in [6.07, 6.45) is 2.26. The molecule has 0 aliphatic heterocycles. The summed E-state index contributed by atoms with van der Waals surface area (Å²) >= 11 is 0. The Kier molecular flexibility index (Phi) is 3.69. The summed E-state index contributed by atoms with van der Waals surface area (Å²) in [5.74, 6) is 3.02. The molecule has 1 N–H and O–H groups in total. The van der Waals surface area contributed by atoms with Crippen LogP contribution in [-0.2, 0) is 0 Å². The lowest BCUT2D eigenvalue weighted by Crippen LogP contribution is -2.04. The average molecular weight is 280 g/mol. The topological polar surface area (TPSA) is 70.8 Å². The highest BCUT2D eigenvalue weighted by atomic mass is 16.5.